The Labute approximate surface area is 198 Å². The summed E-state index contributed by atoms with van der Waals surface area (Å²) in [4.78, 5) is 0. The fourth-order valence-corrected chi connectivity index (χ4v) is 4.29. The normalized spacial score (nSPS) is 20.5. The van der Waals surface area contributed by atoms with Gasteiger partial charge in [0.2, 0.25) is 0 Å². The smallest absolute Gasteiger partial charge is 0.0200 e. The quantitative estimate of drug-likeness (QED) is 0.213. The van der Waals surface area contributed by atoms with E-state index in [1.54, 1.807) is 5.57 Å². The average Bonchev–Trinajstić information content (AvgIpc) is 2.68. The second-order valence-electron chi connectivity index (χ2n) is 9.15. The molecule has 0 aromatic rings. The minimum absolute atomic E-state index is 0. The Morgan fingerprint density at radius 1 is 1.03 bits per heavy atom. The molecule has 0 heteroatoms. The zero-order valence-corrected chi connectivity index (χ0v) is 20.8. The van der Waals surface area contributed by atoms with Gasteiger partial charge in [-0.2, -0.15) is 0 Å². The van der Waals surface area contributed by atoms with Crippen LogP contribution >= 0.6 is 0 Å². The van der Waals surface area contributed by atoms with Crippen LogP contribution in [0, 0.1) is 23.7 Å². The summed E-state index contributed by atoms with van der Waals surface area (Å²) < 4.78 is 0. The van der Waals surface area contributed by atoms with E-state index in [4.69, 9.17) is 0 Å². The second kappa shape index (κ2) is 20.6. The second-order valence-corrected chi connectivity index (χ2v) is 9.15. The van der Waals surface area contributed by atoms with Gasteiger partial charge in [0.15, 0.2) is 0 Å². The minimum Gasteiger partial charge on any atom is -0.0999 e. The molecule has 0 bridgehead atoms. The van der Waals surface area contributed by atoms with Gasteiger partial charge in [0.05, 0.1) is 0 Å². The maximum absolute atomic E-state index is 4.31. The predicted molar refractivity (Wildman–Crippen MR) is 149 cm³/mol. The highest BCUT2D eigenvalue weighted by atomic mass is 14.3. The van der Waals surface area contributed by atoms with Crippen molar-refractivity contribution in [2.24, 2.45) is 23.7 Å². The fraction of sp³-hybridized carbons (Fsp3) is 0.677. The van der Waals surface area contributed by atoms with E-state index < -0.39 is 0 Å². The summed E-state index contributed by atoms with van der Waals surface area (Å²) in [6.45, 7) is 24.0. The Morgan fingerprint density at radius 3 is 2.23 bits per heavy atom. The molecule has 31 heavy (non-hydrogen) atoms. The summed E-state index contributed by atoms with van der Waals surface area (Å²) in [7, 11) is 0. The maximum atomic E-state index is 4.31. The van der Waals surface area contributed by atoms with Gasteiger partial charge in [-0.1, -0.05) is 110 Å². The van der Waals surface area contributed by atoms with Crippen molar-refractivity contribution in [2.45, 2.75) is 115 Å². The van der Waals surface area contributed by atoms with Crippen LogP contribution in [0.2, 0.25) is 0 Å². The number of rotatable bonds is 12. The van der Waals surface area contributed by atoms with E-state index in [9.17, 15) is 0 Å². The van der Waals surface area contributed by atoms with E-state index in [-0.39, 0.29) is 14.9 Å². The molecule has 0 aromatic heterocycles. The molecule has 3 unspecified atom stereocenters. The average molecular weight is 431 g/mol. The molecule has 0 spiro atoms. The summed E-state index contributed by atoms with van der Waals surface area (Å²) in [6, 6.07) is 0. The Morgan fingerprint density at radius 2 is 1.65 bits per heavy atom. The molecule has 0 saturated carbocycles. The van der Waals surface area contributed by atoms with E-state index in [1.165, 1.54) is 49.7 Å². The summed E-state index contributed by atoms with van der Waals surface area (Å²) >= 11 is 0. The molecule has 0 N–H and O–H groups in total. The van der Waals surface area contributed by atoms with Gasteiger partial charge in [-0.25, -0.2) is 0 Å². The molecule has 0 aromatic carbocycles. The summed E-state index contributed by atoms with van der Waals surface area (Å²) in [5, 5.41) is 0. The molecule has 3 atom stereocenters. The van der Waals surface area contributed by atoms with Crippen LogP contribution in [0.1, 0.15) is 115 Å². The lowest BCUT2D eigenvalue weighted by molar-refractivity contribution is 0.297. The highest BCUT2D eigenvalue weighted by Gasteiger charge is 2.26. The van der Waals surface area contributed by atoms with Gasteiger partial charge in [-0.05, 0) is 88.9 Å². The van der Waals surface area contributed by atoms with Gasteiger partial charge in [0.25, 0.3) is 0 Å². The van der Waals surface area contributed by atoms with Crippen molar-refractivity contribution in [3.8, 4) is 0 Å². The van der Waals surface area contributed by atoms with Crippen LogP contribution in [0.3, 0.4) is 0 Å². The van der Waals surface area contributed by atoms with Gasteiger partial charge in [0.1, 0.15) is 0 Å². The van der Waals surface area contributed by atoms with Crippen molar-refractivity contribution in [1.82, 2.24) is 0 Å². The minimum atomic E-state index is 0. The number of allylic oxidation sites excluding steroid dienone is 8. The molecule has 1 rings (SSSR count). The molecule has 0 nitrogen and oxygen atoms in total. The SMILES string of the molecule is C.C.C=C(CC/C=C\C=C/C)CCC1CC(C)C(CCC(=C)CC(C)C)C=C1C.CC. The highest BCUT2D eigenvalue weighted by Crippen LogP contribution is 2.38. The number of hydrogen-bond donors (Lipinski definition) is 0. The van der Waals surface area contributed by atoms with E-state index in [0.29, 0.717) is 0 Å². The topological polar surface area (TPSA) is 0 Å². The highest BCUT2D eigenvalue weighted by molar-refractivity contribution is 5.13. The molecule has 0 aliphatic heterocycles. The first-order valence-corrected chi connectivity index (χ1v) is 12.1. The van der Waals surface area contributed by atoms with E-state index in [0.717, 1.165) is 36.5 Å². The zero-order chi connectivity index (χ0) is 22.2. The first-order valence-electron chi connectivity index (χ1n) is 12.1. The van der Waals surface area contributed by atoms with Gasteiger partial charge < -0.3 is 0 Å². The molecular weight excluding hydrogens is 372 g/mol. The summed E-state index contributed by atoms with van der Waals surface area (Å²) in [6.07, 6.45) is 20.8. The fourth-order valence-electron chi connectivity index (χ4n) is 4.29. The Bertz CT molecular complexity index is 540. The third-order valence-corrected chi connectivity index (χ3v) is 5.99. The summed E-state index contributed by atoms with van der Waals surface area (Å²) in [5.41, 5.74) is 4.46. The van der Waals surface area contributed by atoms with Crippen LogP contribution in [-0.4, -0.2) is 0 Å². The van der Waals surface area contributed by atoms with Crippen LogP contribution in [-0.2, 0) is 0 Å². The van der Waals surface area contributed by atoms with Crippen LogP contribution in [0.5, 0.6) is 0 Å². The third kappa shape index (κ3) is 16.1. The van der Waals surface area contributed by atoms with Crippen molar-refractivity contribution in [3.63, 3.8) is 0 Å². The Balaban J connectivity index is -0.00000190. The van der Waals surface area contributed by atoms with Crippen molar-refractivity contribution in [3.05, 3.63) is 60.3 Å². The number of hydrogen-bond acceptors (Lipinski definition) is 0. The molecule has 1 aliphatic rings. The predicted octanol–water partition coefficient (Wildman–Crippen LogP) is 11.1. The van der Waals surface area contributed by atoms with Crippen LogP contribution in [0.25, 0.3) is 0 Å². The zero-order valence-electron chi connectivity index (χ0n) is 20.8. The molecular formula is C31H58. The van der Waals surface area contributed by atoms with Gasteiger partial charge in [-0.3, -0.25) is 0 Å². The van der Waals surface area contributed by atoms with E-state index in [2.05, 4.69) is 78.2 Å². The molecule has 182 valence electrons. The van der Waals surface area contributed by atoms with Gasteiger partial charge in [0, 0.05) is 0 Å². The first-order chi connectivity index (χ1) is 13.8. The molecule has 0 saturated heterocycles. The van der Waals surface area contributed by atoms with Crippen molar-refractivity contribution >= 4 is 0 Å². The molecule has 0 fully saturated rings. The molecule has 1 aliphatic carbocycles. The maximum Gasteiger partial charge on any atom is -0.0200 e. The Hall–Kier alpha value is -1.30. The van der Waals surface area contributed by atoms with Crippen molar-refractivity contribution in [2.75, 3.05) is 0 Å². The lowest BCUT2D eigenvalue weighted by Gasteiger charge is -2.33. The van der Waals surface area contributed by atoms with Gasteiger partial charge in [-0.15, -0.1) is 0 Å². The van der Waals surface area contributed by atoms with E-state index in [1.807, 2.05) is 13.8 Å². The van der Waals surface area contributed by atoms with Crippen LogP contribution in [0.4, 0.5) is 0 Å². The van der Waals surface area contributed by atoms with E-state index >= 15 is 0 Å². The third-order valence-electron chi connectivity index (χ3n) is 5.99. The van der Waals surface area contributed by atoms with Crippen molar-refractivity contribution < 1.29 is 0 Å². The monoisotopic (exact) mass is 430 g/mol. The summed E-state index contributed by atoms with van der Waals surface area (Å²) in [5.74, 6) is 3.02. The van der Waals surface area contributed by atoms with Crippen molar-refractivity contribution in [1.29, 1.82) is 0 Å². The Kier molecular flexibility index (Phi) is 22.8. The van der Waals surface area contributed by atoms with Crippen LogP contribution in [0.15, 0.2) is 60.3 Å². The lowest BCUT2D eigenvalue weighted by atomic mass is 9.72. The molecule has 0 radical (unpaired) electrons. The first kappa shape index (κ1) is 34.3. The lowest BCUT2D eigenvalue weighted by Crippen LogP contribution is -2.21. The van der Waals surface area contributed by atoms with Gasteiger partial charge >= 0.3 is 0 Å². The largest absolute Gasteiger partial charge is 0.0999 e. The van der Waals surface area contributed by atoms with Crippen LogP contribution < -0.4 is 0 Å². The molecule has 0 heterocycles. The molecule has 0 amide bonds. The standard InChI is InChI=1S/C27H44.C2H6.2CH4/c1-8-9-10-11-12-13-22(4)14-16-26-19-25(7)27(20-24(26)6)17-15-23(5)18-21(2)3;1-2;;/h8-11,20-21,25-27H,4-5,12-19H2,1-3,6-7H3;1-2H3;2*1H4/b9-8-,11-10-;;;.